The molecule has 0 atom stereocenters. The highest BCUT2D eigenvalue weighted by Gasteiger charge is 2.20. The Bertz CT molecular complexity index is 429. The lowest BCUT2D eigenvalue weighted by molar-refractivity contribution is 0.389. The van der Waals surface area contributed by atoms with Crippen molar-refractivity contribution in [3.8, 4) is 0 Å². The van der Waals surface area contributed by atoms with Crippen molar-refractivity contribution in [2.24, 2.45) is 5.41 Å². The lowest BCUT2D eigenvalue weighted by atomic mass is 9.92. The summed E-state index contributed by atoms with van der Waals surface area (Å²) in [4.78, 5) is 22.5. The van der Waals surface area contributed by atoms with E-state index in [9.17, 15) is 9.59 Å². The molecule has 1 aromatic rings. The minimum absolute atomic E-state index is 0. The molecule has 0 aliphatic heterocycles. The van der Waals surface area contributed by atoms with Crippen LogP contribution in [0.2, 0.25) is 0 Å². The SMILES string of the molecule is CC.CCNc1c(NCCC(C)(C)C)c(=O)c1=O.[HH]. The van der Waals surface area contributed by atoms with E-state index in [1.807, 2.05) is 20.8 Å². The average Bonchev–Trinajstić information content (AvgIpc) is 2.33. The summed E-state index contributed by atoms with van der Waals surface area (Å²) in [6.07, 6.45) is 0.956. The fourth-order valence-corrected chi connectivity index (χ4v) is 1.47. The van der Waals surface area contributed by atoms with E-state index in [4.69, 9.17) is 0 Å². The number of hydrogen-bond donors (Lipinski definition) is 2. The van der Waals surface area contributed by atoms with Crippen molar-refractivity contribution in [3.05, 3.63) is 20.4 Å². The van der Waals surface area contributed by atoms with Gasteiger partial charge >= 0.3 is 0 Å². The van der Waals surface area contributed by atoms with Gasteiger partial charge in [0.15, 0.2) is 0 Å². The third-order valence-corrected chi connectivity index (χ3v) is 2.44. The zero-order valence-corrected chi connectivity index (χ0v) is 12.4. The number of nitrogens with one attached hydrogen (secondary N) is 2. The molecule has 2 N–H and O–H groups in total. The molecule has 106 valence electrons. The minimum Gasteiger partial charge on any atom is -0.380 e. The van der Waals surface area contributed by atoms with E-state index in [0.29, 0.717) is 24.5 Å². The van der Waals surface area contributed by atoms with Crippen LogP contribution in [-0.2, 0) is 0 Å². The van der Waals surface area contributed by atoms with Crippen molar-refractivity contribution in [1.29, 1.82) is 0 Å². The van der Waals surface area contributed by atoms with Crippen molar-refractivity contribution in [3.63, 3.8) is 0 Å². The molecule has 0 spiro atoms. The lowest BCUT2D eigenvalue weighted by Crippen LogP contribution is -2.37. The van der Waals surface area contributed by atoms with Gasteiger partial charge in [-0.2, -0.15) is 0 Å². The van der Waals surface area contributed by atoms with Crippen LogP contribution in [0.3, 0.4) is 0 Å². The van der Waals surface area contributed by atoms with E-state index in [1.54, 1.807) is 0 Å². The zero-order valence-electron chi connectivity index (χ0n) is 12.4. The highest BCUT2D eigenvalue weighted by Crippen LogP contribution is 2.19. The Balaban J connectivity index is 0. The minimum atomic E-state index is -0.403. The molecule has 0 aromatic heterocycles. The lowest BCUT2D eigenvalue weighted by Gasteiger charge is -2.20. The van der Waals surface area contributed by atoms with Gasteiger partial charge in [0.1, 0.15) is 11.4 Å². The molecule has 0 heterocycles. The highest BCUT2D eigenvalue weighted by atomic mass is 16.2. The van der Waals surface area contributed by atoms with Gasteiger partial charge in [0, 0.05) is 14.5 Å². The maximum atomic E-state index is 11.3. The Kier molecular flexibility index (Phi) is 6.66. The van der Waals surface area contributed by atoms with Crippen molar-refractivity contribution >= 4 is 11.4 Å². The quantitative estimate of drug-likeness (QED) is 0.795. The van der Waals surface area contributed by atoms with Gasteiger partial charge in [-0.1, -0.05) is 34.6 Å². The average molecular weight is 256 g/mol. The molecule has 0 radical (unpaired) electrons. The third-order valence-electron chi connectivity index (χ3n) is 2.44. The second kappa shape index (κ2) is 7.19. The van der Waals surface area contributed by atoms with Crippen LogP contribution < -0.4 is 21.5 Å². The summed E-state index contributed by atoms with van der Waals surface area (Å²) in [6.45, 7) is 13.7. The van der Waals surface area contributed by atoms with E-state index >= 15 is 0 Å². The Labute approximate surface area is 111 Å². The maximum Gasteiger partial charge on any atom is 0.253 e. The Morgan fingerprint density at radius 3 is 1.83 bits per heavy atom. The van der Waals surface area contributed by atoms with Crippen LogP contribution in [0.1, 0.15) is 49.4 Å². The molecule has 4 heteroatoms. The summed E-state index contributed by atoms with van der Waals surface area (Å²) in [5, 5.41) is 5.94. The standard InChI is InChI=1S/C12H20N2O2.C2H6.H2/c1-5-13-8-9(11(16)10(8)15)14-7-6-12(2,3)4;1-2;/h13-14H,5-7H2,1-4H3;1-2H3;1H. The van der Waals surface area contributed by atoms with Gasteiger partial charge in [0.2, 0.25) is 0 Å². The molecular formula is C14H28N2O2. The van der Waals surface area contributed by atoms with Crippen LogP contribution in [0.4, 0.5) is 11.4 Å². The normalized spacial score (nSPS) is 10.8. The summed E-state index contributed by atoms with van der Waals surface area (Å²) in [6, 6.07) is 0. The fraction of sp³-hybridized carbons (Fsp3) is 0.714. The zero-order chi connectivity index (χ0) is 14.3. The first-order chi connectivity index (χ1) is 8.37. The van der Waals surface area contributed by atoms with Gasteiger partial charge in [-0.15, -0.1) is 0 Å². The van der Waals surface area contributed by atoms with Crippen molar-refractivity contribution in [2.75, 3.05) is 23.7 Å². The Morgan fingerprint density at radius 1 is 1.00 bits per heavy atom. The van der Waals surface area contributed by atoms with Crippen LogP contribution in [0.25, 0.3) is 0 Å². The number of hydrogen-bond acceptors (Lipinski definition) is 4. The summed E-state index contributed by atoms with van der Waals surface area (Å²) in [7, 11) is 0. The third kappa shape index (κ3) is 4.51. The fourth-order valence-electron chi connectivity index (χ4n) is 1.47. The highest BCUT2D eigenvalue weighted by molar-refractivity contribution is 5.73. The van der Waals surface area contributed by atoms with Crippen LogP contribution in [0.5, 0.6) is 0 Å². The molecule has 4 nitrogen and oxygen atoms in total. The Hall–Kier alpha value is -1.32. The second-order valence-corrected chi connectivity index (χ2v) is 5.18. The molecule has 0 amide bonds. The number of rotatable bonds is 5. The van der Waals surface area contributed by atoms with Crippen LogP contribution in [-0.4, -0.2) is 13.1 Å². The summed E-state index contributed by atoms with van der Waals surface area (Å²) in [5.41, 5.74) is 0.324. The molecule has 0 fully saturated rings. The first-order valence-corrected chi connectivity index (χ1v) is 6.68. The largest absolute Gasteiger partial charge is 0.380 e. The summed E-state index contributed by atoms with van der Waals surface area (Å²) in [5.74, 6) is 0. The summed E-state index contributed by atoms with van der Waals surface area (Å²) >= 11 is 0. The maximum absolute atomic E-state index is 11.3. The van der Waals surface area contributed by atoms with Crippen LogP contribution in [0, 0.1) is 5.41 Å². The van der Waals surface area contributed by atoms with Crippen molar-refractivity contribution in [2.45, 2.75) is 48.0 Å². The van der Waals surface area contributed by atoms with Gasteiger partial charge in [-0.05, 0) is 18.8 Å². The van der Waals surface area contributed by atoms with Crippen molar-refractivity contribution in [1.82, 2.24) is 0 Å². The number of anilines is 2. The predicted octanol–water partition coefficient (Wildman–Crippen LogP) is 2.83. The molecule has 0 saturated heterocycles. The molecule has 0 aliphatic carbocycles. The Morgan fingerprint density at radius 2 is 1.44 bits per heavy atom. The van der Waals surface area contributed by atoms with Crippen molar-refractivity contribution < 1.29 is 1.43 Å². The molecule has 0 aliphatic rings. The van der Waals surface area contributed by atoms with Gasteiger partial charge in [-0.25, -0.2) is 0 Å². The van der Waals surface area contributed by atoms with E-state index in [-0.39, 0.29) is 6.84 Å². The topological polar surface area (TPSA) is 58.2 Å². The van der Waals surface area contributed by atoms with Gasteiger partial charge in [0.05, 0.1) is 0 Å². The van der Waals surface area contributed by atoms with E-state index < -0.39 is 10.9 Å². The second-order valence-electron chi connectivity index (χ2n) is 5.18. The molecule has 0 saturated carbocycles. The predicted molar refractivity (Wildman–Crippen MR) is 81.5 cm³/mol. The van der Waals surface area contributed by atoms with Gasteiger partial charge in [-0.3, -0.25) is 9.59 Å². The molecular weight excluding hydrogens is 228 g/mol. The van der Waals surface area contributed by atoms with E-state index in [0.717, 1.165) is 6.42 Å². The van der Waals surface area contributed by atoms with Crippen LogP contribution >= 0.6 is 0 Å². The monoisotopic (exact) mass is 256 g/mol. The smallest absolute Gasteiger partial charge is 0.253 e. The molecule has 1 aromatic carbocycles. The summed E-state index contributed by atoms with van der Waals surface area (Å²) < 4.78 is 0. The van der Waals surface area contributed by atoms with Crippen LogP contribution in [0.15, 0.2) is 9.59 Å². The van der Waals surface area contributed by atoms with Gasteiger partial charge < -0.3 is 10.6 Å². The first-order valence-electron chi connectivity index (χ1n) is 6.68. The molecule has 18 heavy (non-hydrogen) atoms. The molecule has 0 unspecified atom stereocenters. The van der Waals surface area contributed by atoms with E-state index in [1.165, 1.54) is 0 Å². The molecule has 0 bridgehead atoms. The first kappa shape index (κ1) is 16.7. The van der Waals surface area contributed by atoms with Gasteiger partial charge in [0.25, 0.3) is 10.9 Å². The molecule has 1 rings (SSSR count). The van der Waals surface area contributed by atoms with E-state index in [2.05, 4.69) is 31.4 Å².